The molecule has 1 N–H and O–H groups in total. The molecule has 2 aromatic rings. The molecule has 0 spiro atoms. The second-order valence-electron chi connectivity index (χ2n) is 20.4. The van der Waals surface area contributed by atoms with Gasteiger partial charge in [-0.15, -0.1) is 22.8 Å². The molecule has 10 nitrogen and oxygen atoms in total. The Morgan fingerprint density at radius 3 is 1.80 bits per heavy atom. The quantitative estimate of drug-likeness (QED) is 0.0632. The van der Waals surface area contributed by atoms with E-state index >= 15 is 0 Å². The van der Waals surface area contributed by atoms with E-state index in [1.807, 2.05) is 39.0 Å². The molecule has 0 radical (unpaired) electrons. The number of nitrogens with zero attached hydrogens (tertiary/aromatic N) is 4. The minimum absolute atomic E-state index is 0. The molecule has 0 aromatic carbocycles. The molecular weight excluding hydrogens is 837 g/mol. The van der Waals surface area contributed by atoms with E-state index in [1.54, 1.807) is 0 Å². The maximum atomic E-state index is 14.0. The molecule has 2 aromatic heterocycles. The molecule has 6 rings (SSSR count). The zero-order valence-electron chi connectivity index (χ0n) is 42.6. The molecule has 11 heteroatoms. The van der Waals surface area contributed by atoms with E-state index in [-0.39, 0.29) is 59.4 Å². The van der Waals surface area contributed by atoms with Crippen molar-refractivity contribution >= 4 is 70.4 Å². The molecule has 4 aliphatic rings. The summed E-state index contributed by atoms with van der Waals surface area (Å²) in [5, 5.41) is 19.6. The van der Waals surface area contributed by atoms with Crippen molar-refractivity contribution in [3.63, 3.8) is 0 Å². The summed E-state index contributed by atoms with van der Waals surface area (Å²) in [7, 11) is 1.24. The second-order valence-corrected chi connectivity index (χ2v) is 20.4. The molecule has 66 heavy (non-hydrogen) atoms. The zero-order valence-corrected chi connectivity index (χ0v) is 44.0. The van der Waals surface area contributed by atoms with Crippen molar-refractivity contribution in [1.82, 2.24) is 9.97 Å². The number of esters is 1. The molecule has 0 amide bonds. The number of aliphatic carboxylic acids is 1. The van der Waals surface area contributed by atoms with Gasteiger partial charge in [-0.3, -0.25) is 19.2 Å². The summed E-state index contributed by atoms with van der Waals surface area (Å²) in [6, 6.07) is 0. The standard InChI is InChI=1S/C35H39N4O6.C20H42.Mg/c1-8-19-14(2)21-13-26-28(18(6)40)16(4)23(37-26)11-22-15(3)20(9-10-27(41)42)32(38-22)30-31(35(44)45-7)34(43)29-17(5)24(39-33(29)30)12-25(19)36-21;1-7-18(4)12-9-14-20(6)16-10-15-19(5)13-8-11-17(2)3;/h11-15,19-20,31H,8-10H2,1-7H3,(H4-,36,37,38,39,40,41,42,43);17-20H,7-16H2,1-6H3;/q-1;;+2/p-3/b22-11-,25-12-;;/t14-,15+,19-,20+,31-;18?,19-,20+;/m11./s1. The first-order chi connectivity index (χ1) is 30.8. The van der Waals surface area contributed by atoms with Crippen molar-refractivity contribution in [3.05, 3.63) is 78.5 Å². The van der Waals surface area contributed by atoms with Crippen molar-refractivity contribution in [2.75, 3.05) is 7.11 Å². The fraction of sp³-hybridized carbons (Fsp3) is 0.636. The molecule has 2 fully saturated rings. The monoisotopic (exact) mass is 915 g/mol. The SMILES string of the molecule is CCC(C)CCC[C@H](C)CCC[C@H](C)CCCC(C)C.CC[C@H]1/C2=C/c3[n-]c4c(c3C)C(=O)[C@H](C(=O)OC)/C4=C3/[N-]/C(=C\c4[n-]c(c(C(C)=O)c4C)/C=C(\[N-]2)[C@@H]1C)[C@@H](C)[C@@H]3CCC(=O)O.[Mg+2]. The van der Waals surface area contributed by atoms with Crippen molar-refractivity contribution < 1.29 is 29.0 Å². The number of Topliss-reactive ketones (excluding diaryl/α,β-unsaturated/α-hetero) is 2. The van der Waals surface area contributed by atoms with Gasteiger partial charge in [0.05, 0.1) is 7.11 Å². The predicted octanol–water partition coefficient (Wildman–Crippen LogP) is 13.5. The Bertz CT molecular complexity index is 2190. The van der Waals surface area contributed by atoms with Gasteiger partial charge in [0, 0.05) is 17.5 Å². The molecule has 358 valence electrons. The topological polar surface area (TPSA) is 154 Å². The number of hydrogen-bond acceptors (Lipinski definition) is 5. The Morgan fingerprint density at radius 2 is 1.26 bits per heavy atom. The van der Waals surface area contributed by atoms with Gasteiger partial charge in [-0.25, -0.2) is 0 Å². The molecular formula is C55H78MgN4O6-2. The Labute approximate surface area is 412 Å². The summed E-state index contributed by atoms with van der Waals surface area (Å²) < 4.78 is 5.11. The van der Waals surface area contributed by atoms with Crippen molar-refractivity contribution in [3.8, 4) is 0 Å². The molecule has 1 aliphatic carbocycles. The van der Waals surface area contributed by atoms with Crippen LogP contribution in [0.15, 0.2) is 22.8 Å². The van der Waals surface area contributed by atoms with Crippen LogP contribution in [0.1, 0.15) is 207 Å². The number of carboxylic acid groups (broad SMARTS) is 1. The van der Waals surface area contributed by atoms with Gasteiger partial charge >= 0.3 is 35.0 Å². The second kappa shape index (κ2) is 24.4. The van der Waals surface area contributed by atoms with E-state index in [1.165, 1.54) is 78.2 Å². The maximum absolute atomic E-state index is 14.0. The van der Waals surface area contributed by atoms with Crippen LogP contribution in [-0.4, -0.2) is 58.8 Å². The molecule has 8 bridgehead atoms. The minimum atomic E-state index is -1.26. The Morgan fingerprint density at radius 1 is 0.727 bits per heavy atom. The Kier molecular flexibility index (Phi) is 20.3. The van der Waals surface area contributed by atoms with E-state index in [0.717, 1.165) is 41.5 Å². The van der Waals surface area contributed by atoms with Crippen LogP contribution >= 0.6 is 0 Å². The minimum Gasteiger partial charge on any atom is -0.664 e. The van der Waals surface area contributed by atoms with E-state index in [2.05, 4.69) is 55.4 Å². The van der Waals surface area contributed by atoms with Crippen LogP contribution in [0, 0.1) is 67.1 Å². The number of ether oxygens (including phenoxy) is 1. The number of aromatic nitrogens is 2. The van der Waals surface area contributed by atoms with Gasteiger partial charge in [0.2, 0.25) is 0 Å². The molecule has 3 aliphatic heterocycles. The summed E-state index contributed by atoms with van der Waals surface area (Å²) in [5.74, 6) is -0.271. The first-order valence-corrected chi connectivity index (χ1v) is 24.8. The van der Waals surface area contributed by atoms with Crippen molar-refractivity contribution in [2.45, 2.75) is 167 Å². The normalized spacial score (nSPS) is 25.5. The van der Waals surface area contributed by atoms with Crippen LogP contribution in [0.2, 0.25) is 0 Å². The molecule has 2 saturated heterocycles. The fourth-order valence-corrected chi connectivity index (χ4v) is 10.4. The van der Waals surface area contributed by atoms with Crippen LogP contribution in [0.4, 0.5) is 0 Å². The number of carboxylic acids is 1. The van der Waals surface area contributed by atoms with Gasteiger partial charge in [0.1, 0.15) is 5.92 Å². The van der Waals surface area contributed by atoms with E-state index in [0.29, 0.717) is 62.0 Å². The summed E-state index contributed by atoms with van der Waals surface area (Å²) in [4.78, 5) is 61.6. The third kappa shape index (κ3) is 12.6. The average molecular weight is 916 g/mol. The van der Waals surface area contributed by atoms with Crippen molar-refractivity contribution in [1.29, 1.82) is 0 Å². The smallest absolute Gasteiger partial charge is 0.664 e. The summed E-state index contributed by atoms with van der Waals surface area (Å²) in [6.07, 6.45) is 20.9. The van der Waals surface area contributed by atoms with Gasteiger partial charge in [0.15, 0.2) is 11.6 Å². The van der Waals surface area contributed by atoms with E-state index in [9.17, 15) is 24.3 Å². The first kappa shape index (κ1) is 54.8. The zero-order chi connectivity index (χ0) is 47.9. The summed E-state index contributed by atoms with van der Waals surface area (Å²) in [5.41, 5.74) is 7.44. The summed E-state index contributed by atoms with van der Waals surface area (Å²) in [6.45, 7) is 25.7. The molecule has 1 unspecified atom stereocenters. The largest absolute Gasteiger partial charge is 2.00 e. The third-order valence-electron chi connectivity index (χ3n) is 14.9. The van der Waals surface area contributed by atoms with Gasteiger partial charge in [-0.1, -0.05) is 168 Å². The number of methoxy groups -OCH3 is 1. The van der Waals surface area contributed by atoms with Crippen LogP contribution in [-0.2, 0) is 14.3 Å². The summed E-state index contributed by atoms with van der Waals surface area (Å²) >= 11 is 0. The number of carbonyl (C=O) groups is 4. The number of hydrogen-bond donors (Lipinski definition) is 1. The fourth-order valence-electron chi connectivity index (χ4n) is 10.4. The number of carbonyl (C=O) groups excluding carboxylic acids is 3. The Hall–Kier alpha value is -3.83. The van der Waals surface area contributed by atoms with Crippen LogP contribution in [0.25, 0.3) is 34.4 Å². The van der Waals surface area contributed by atoms with Crippen LogP contribution in [0.5, 0.6) is 0 Å². The van der Waals surface area contributed by atoms with Gasteiger partial charge in [-0.2, -0.15) is 22.8 Å². The van der Waals surface area contributed by atoms with E-state index in [4.69, 9.17) is 25.3 Å². The first-order valence-electron chi connectivity index (χ1n) is 24.8. The van der Waals surface area contributed by atoms with E-state index < -0.39 is 29.6 Å². The predicted molar refractivity (Wildman–Crippen MR) is 269 cm³/mol. The number of fused-ring (bicyclic) bond motifs is 7. The van der Waals surface area contributed by atoms with Gasteiger partial charge < -0.3 is 30.4 Å². The van der Waals surface area contributed by atoms with Crippen LogP contribution in [0.3, 0.4) is 0 Å². The average Bonchev–Trinajstić information content (AvgIpc) is 4.00. The maximum Gasteiger partial charge on any atom is 2.00 e. The van der Waals surface area contributed by atoms with Gasteiger partial charge in [0.25, 0.3) is 0 Å². The molecule has 0 saturated carbocycles. The Balaban J connectivity index is 0.000000386. The molecule has 8 atom stereocenters. The van der Waals surface area contributed by atoms with Gasteiger partial charge in [-0.05, 0) is 74.5 Å². The number of ketones is 2. The number of allylic oxidation sites excluding steroid dienone is 4. The van der Waals surface area contributed by atoms with Crippen LogP contribution < -0.4 is 9.97 Å². The third-order valence-corrected chi connectivity index (χ3v) is 14.9. The van der Waals surface area contributed by atoms with Crippen molar-refractivity contribution in [2.24, 2.45) is 53.3 Å². The molecule has 5 heterocycles. The number of rotatable bonds is 19.